The summed E-state index contributed by atoms with van der Waals surface area (Å²) in [7, 11) is 1.68. The number of carboxylic acids is 1. The highest BCUT2D eigenvalue weighted by atomic mass is 16.4. The molecule has 5 heteroatoms. The van der Waals surface area contributed by atoms with E-state index in [1.54, 1.807) is 31.3 Å². The van der Waals surface area contributed by atoms with Gasteiger partial charge in [-0.2, -0.15) is 0 Å². The molecular weight excluding hydrogens is 208 g/mol. The summed E-state index contributed by atoms with van der Waals surface area (Å²) in [6.45, 7) is 0.225. The van der Waals surface area contributed by atoms with E-state index in [1.165, 1.54) is 0 Å². The van der Waals surface area contributed by atoms with Gasteiger partial charge in [-0.05, 0) is 24.7 Å². The third-order valence-corrected chi connectivity index (χ3v) is 1.90. The van der Waals surface area contributed by atoms with E-state index in [0.717, 1.165) is 0 Å². The predicted molar refractivity (Wildman–Crippen MR) is 60.3 cm³/mol. The smallest absolute Gasteiger partial charge is 0.307 e. The molecule has 0 aliphatic heterocycles. The van der Waals surface area contributed by atoms with Gasteiger partial charge in [0.1, 0.15) is 0 Å². The lowest BCUT2D eigenvalue weighted by Gasteiger charge is -2.06. The number of carbonyl (C=O) groups is 2. The van der Waals surface area contributed by atoms with Gasteiger partial charge in [0.15, 0.2) is 0 Å². The number of nitrogens with one attached hydrogen (secondary N) is 2. The molecule has 0 unspecified atom stereocenters. The number of amides is 1. The Morgan fingerprint density at radius 2 is 2.12 bits per heavy atom. The Bertz CT molecular complexity index is 391. The molecule has 86 valence electrons. The second kappa shape index (κ2) is 5.87. The summed E-state index contributed by atoms with van der Waals surface area (Å²) in [6, 6.07) is 6.80. The van der Waals surface area contributed by atoms with Crippen LogP contribution in [0.15, 0.2) is 24.3 Å². The van der Waals surface area contributed by atoms with E-state index in [0.29, 0.717) is 11.3 Å². The summed E-state index contributed by atoms with van der Waals surface area (Å²) in [6.07, 6.45) is -0.0459. The van der Waals surface area contributed by atoms with Crippen LogP contribution in [0.1, 0.15) is 5.56 Å². The fourth-order valence-electron chi connectivity index (χ4n) is 1.30. The Hall–Kier alpha value is -1.88. The average molecular weight is 222 g/mol. The number of anilines is 1. The number of hydrogen-bond donors (Lipinski definition) is 3. The quantitative estimate of drug-likeness (QED) is 0.676. The van der Waals surface area contributed by atoms with Crippen LogP contribution in [0.5, 0.6) is 0 Å². The molecule has 0 bridgehead atoms. The van der Waals surface area contributed by atoms with Gasteiger partial charge in [-0.15, -0.1) is 0 Å². The van der Waals surface area contributed by atoms with Crippen LogP contribution in [0.25, 0.3) is 0 Å². The molecule has 0 fully saturated rings. The van der Waals surface area contributed by atoms with Gasteiger partial charge in [-0.3, -0.25) is 9.59 Å². The first-order valence-electron chi connectivity index (χ1n) is 4.87. The zero-order valence-electron chi connectivity index (χ0n) is 8.99. The molecule has 1 aromatic carbocycles. The standard InChI is InChI=1S/C11H14N2O3/c1-12-7-10(14)13-9-4-2-3-8(5-9)6-11(15)16/h2-5,12H,6-7H2,1H3,(H,13,14)(H,15,16). The monoisotopic (exact) mass is 222 g/mol. The van der Waals surface area contributed by atoms with Gasteiger partial charge in [-0.25, -0.2) is 0 Å². The Balaban J connectivity index is 2.67. The predicted octanol–water partition coefficient (Wildman–Crippen LogP) is 0.472. The van der Waals surface area contributed by atoms with Crippen LogP contribution in [0.4, 0.5) is 5.69 Å². The number of hydrogen-bond acceptors (Lipinski definition) is 3. The molecule has 5 nitrogen and oxygen atoms in total. The topological polar surface area (TPSA) is 78.4 Å². The molecule has 0 atom stereocenters. The number of carbonyl (C=O) groups excluding carboxylic acids is 1. The lowest BCUT2D eigenvalue weighted by atomic mass is 10.1. The summed E-state index contributed by atoms with van der Waals surface area (Å²) < 4.78 is 0. The minimum atomic E-state index is -0.890. The van der Waals surface area contributed by atoms with Crippen LogP contribution in [0.3, 0.4) is 0 Å². The minimum Gasteiger partial charge on any atom is -0.481 e. The Morgan fingerprint density at radius 1 is 1.38 bits per heavy atom. The Kier molecular flexibility index (Phi) is 4.47. The van der Waals surface area contributed by atoms with Crippen LogP contribution in [0, 0.1) is 0 Å². The molecule has 0 saturated carbocycles. The highest BCUT2D eigenvalue weighted by Crippen LogP contribution is 2.10. The normalized spacial score (nSPS) is 9.81. The van der Waals surface area contributed by atoms with Gasteiger partial charge >= 0.3 is 5.97 Å². The molecule has 1 rings (SSSR count). The second-order valence-electron chi connectivity index (χ2n) is 3.35. The lowest BCUT2D eigenvalue weighted by Crippen LogP contribution is -2.25. The highest BCUT2D eigenvalue weighted by molar-refractivity contribution is 5.92. The molecule has 0 radical (unpaired) electrons. The van der Waals surface area contributed by atoms with Crippen molar-refractivity contribution in [3.05, 3.63) is 29.8 Å². The van der Waals surface area contributed by atoms with E-state index in [2.05, 4.69) is 10.6 Å². The zero-order chi connectivity index (χ0) is 12.0. The molecule has 3 N–H and O–H groups in total. The molecule has 1 amide bonds. The van der Waals surface area contributed by atoms with Gasteiger partial charge in [0.25, 0.3) is 0 Å². The van der Waals surface area contributed by atoms with Crippen LogP contribution in [-0.4, -0.2) is 30.6 Å². The summed E-state index contributed by atoms with van der Waals surface area (Å²) >= 11 is 0. The average Bonchev–Trinajstić information content (AvgIpc) is 2.17. The van der Waals surface area contributed by atoms with Crippen molar-refractivity contribution in [1.29, 1.82) is 0 Å². The van der Waals surface area contributed by atoms with Crippen molar-refractivity contribution in [3.63, 3.8) is 0 Å². The zero-order valence-corrected chi connectivity index (χ0v) is 8.99. The lowest BCUT2D eigenvalue weighted by molar-refractivity contribution is -0.136. The Labute approximate surface area is 93.5 Å². The molecule has 0 aliphatic carbocycles. The van der Waals surface area contributed by atoms with Crippen molar-refractivity contribution >= 4 is 17.6 Å². The van der Waals surface area contributed by atoms with Gasteiger partial charge in [0.05, 0.1) is 13.0 Å². The third kappa shape index (κ3) is 4.10. The van der Waals surface area contributed by atoms with Crippen molar-refractivity contribution in [3.8, 4) is 0 Å². The molecular formula is C11H14N2O3. The number of benzene rings is 1. The molecule has 0 aromatic heterocycles. The van der Waals surface area contributed by atoms with Crippen LogP contribution in [-0.2, 0) is 16.0 Å². The fourth-order valence-corrected chi connectivity index (χ4v) is 1.30. The van der Waals surface area contributed by atoms with Crippen molar-refractivity contribution < 1.29 is 14.7 Å². The SMILES string of the molecule is CNCC(=O)Nc1cccc(CC(=O)O)c1. The molecule has 0 aliphatic rings. The first-order valence-corrected chi connectivity index (χ1v) is 4.87. The molecule has 16 heavy (non-hydrogen) atoms. The summed E-state index contributed by atoms with van der Waals surface area (Å²) in [5.41, 5.74) is 1.27. The van der Waals surface area contributed by atoms with Crippen LogP contribution in [0.2, 0.25) is 0 Å². The van der Waals surface area contributed by atoms with Crippen molar-refractivity contribution in [1.82, 2.24) is 5.32 Å². The highest BCUT2D eigenvalue weighted by Gasteiger charge is 2.03. The van der Waals surface area contributed by atoms with Crippen LogP contribution >= 0.6 is 0 Å². The van der Waals surface area contributed by atoms with E-state index < -0.39 is 5.97 Å². The maximum Gasteiger partial charge on any atom is 0.307 e. The largest absolute Gasteiger partial charge is 0.481 e. The van der Waals surface area contributed by atoms with Crippen molar-refractivity contribution in [2.24, 2.45) is 0 Å². The first-order chi connectivity index (χ1) is 7.61. The molecule has 0 spiro atoms. The van der Waals surface area contributed by atoms with Gasteiger partial charge < -0.3 is 15.7 Å². The summed E-state index contributed by atoms with van der Waals surface area (Å²) in [5.74, 6) is -1.05. The number of likely N-dealkylation sites (N-methyl/N-ethyl adjacent to an activating group) is 1. The van der Waals surface area contributed by atoms with Gasteiger partial charge in [0.2, 0.25) is 5.91 Å². The first kappa shape index (κ1) is 12.2. The molecule has 0 saturated heterocycles. The number of rotatable bonds is 5. The maximum atomic E-state index is 11.3. The number of carboxylic acid groups (broad SMARTS) is 1. The third-order valence-electron chi connectivity index (χ3n) is 1.90. The molecule has 1 aromatic rings. The number of aliphatic carboxylic acids is 1. The van der Waals surface area contributed by atoms with Crippen molar-refractivity contribution in [2.45, 2.75) is 6.42 Å². The fraction of sp³-hybridized carbons (Fsp3) is 0.273. The Morgan fingerprint density at radius 3 is 2.75 bits per heavy atom. The minimum absolute atomic E-state index is 0.0459. The van der Waals surface area contributed by atoms with E-state index in [1.807, 2.05) is 0 Å². The van der Waals surface area contributed by atoms with E-state index in [4.69, 9.17) is 5.11 Å². The summed E-state index contributed by atoms with van der Waals surface area (Å²) in [5, 5.41) is 14.0. The van der Waals surface area contributed by atoms with E-state index >= 15 is 0 Å². The maximum absolute atomic E-state index is 11.3. The molecule has 0 heterocycles. The summed E-state index contributed by atoms with van der Waals surface area (Å²) in [4.78, 5) is 21.8. The van der Waals surface area contributed by atoms with Crippen molar-refractivity contribution in [2.75, 3.05) is 18.9 Å². The van der Waals surface area contributed by atoms with E-state index in [-0.39, 0.29) is 18.9 Å². The second-order valence-corrected chi connectivity index (χ2v) is 3.35. The van der Waals surface area contributed by atoms with Gasteiger partial charge in [-0.1, -0.05) is 12.1 Å². The van der Waals surface area contributed by atoms with Crippen LogP contribution < -0.4 is 10.6 Å². The van der Waals surface area contributed by atoms with E-state index in [9.17, 15) is 9.59 Å². The van der Waals surface area contributed by atoms with Gasteiger partial charge in [0, 0.05) is 5.69 Å².